The molecule has 0 aliphatic carbocycles. The molecule has 2 aliphatic heterocycles. The smallest absolute Gasteiger partial charge is 0.0735 e. The van der Waals surface area contributed by atoms with Gasteiger partial charge in [-0.05, 0) is 77.4 Å². The highest BCUT2D eigenvalue weighted by Crippen LogP contribution is 2.62. The van der Waals surface area contributed by atoms with Crippen LogP contribution in [-0.2, 0) is 11.3 Å². The van der Waals surface area contributed by atoms with Gasteiger partial charge in [0.15, 0.2) is 0 Å². The van der Waals surface area contributed by atoms with Gasteiger partial charge in [-0.25, -0.2) is 0 Å². The Morgan fingerprint density at radius 2 is 1.26 bits per heavy atom. The summed E-state index contributed by atoms with van der Waals surface area (Å²) in [6, 6.07) is 13.8. The minimum atomic E-state index is -0.281. The predicted molar refractivity (Wildman–Crippen MR) is 154 cm³/mol. The van der Waals surface area contributed by atoms with Crippen molar-refractivity contribution in [1.82, 2.24) is 21.3 Å². The molecule has 1 atom stereocenters. The van der Waals surface area contributed by atoms with Crippen LogP contribution >= 0.6 is 17.2 Å². The number of nitrogens with one attached hydrogen (secondary N) is 4. The Morgan fingerprint density at radius 1 is 0.765 bits per heavy atom. The summed E-state index contributed by atoms with van der Waals surface area (Å²) >= 11 is 0. The number of rotatable bonds is 5. The quantitative estimate of drug-likeness (QED) is 0.421. The average molecular weight is 501 g/mol. The van der Waals surface area contributed by atoms with E-state index in [0.717, 1.165) is 32.3 Å². The molecule has 0 saturated carbocycles. The first-order chi connectivity index (χ1) is 16.0. The average Bonchev–Trinajstić information content (AvgIpc) is 2.81. The lowest BCUT2D eigenvalue weighted by Crippen LogP contribution is -2.69. The Kier molecular flexibility index (Phi) is 8.10. The molecule has 6 heteroatoms. The highest BCUT2D eigenvalue weighted by Gasteiger charge is 2.46. The zero-order valence-electron chi connectivity index (χ0n) is 22.1. The van der Waals surface area contributed by atoms with E-state index < -0.39 is 0 Å². The lowest BCUT2D eigenvalue weighted by atomic mass is 9.84. The number of hydrogen-bond acceptors (Lipinski definition) is 4. The normalized spacial score (nSPS) is 19.8. The zero-order valence-corrected chi connectivity index (χ0v) is 24.1. The molecule has 34 heavy (non-hydrogen) atoms. The van der Waals surface area contributed by atoms with E-state index in [9.17, 15) is 0 Å². The summed E-state index contributed by atoms with van der Waals surface area (Å²) in [7, 11) is 3.05. The van der Waals surface area contributed by atoms with Crippen molar-refractivity contribution in [2.24, 2.45) is 0 Å². The van der Waals surface area contributed by atoms with Crippen molar-refractivity contribution >= 4 is 27.9 Å². The second-order valence-corrected chi connectivity index (χ2v) is 16.9. The van der Waals surface area contributed by atoms with Gasteiger partial charge in [0.2, 0.25) is 0 Å². The summed E-state index contributed by atoms with van der Waals surface area (Å²) in [6.45, 7) is 18.9. The topological polar surface area (TPSA) is 48.1 Å². The maximum atomic E-state index is 3.84. The molecule has 4 N–H and O–H groups in total. The largest absolute Gasteiger partial charge is 0.301 e. The van der Waals surface area contributed by atoms with Crippen LogP contribution in [0.1, 0.15) is 65.5 Å². The second kappa shape index (κ2) is 10.4. The molecule has 2 fully saturated rings. The molecular weight excluding hydrogens is 454 g/mol. The van der Waals surface area contributed by atoms with Gasteiger partial charge in [0.05, 0.1) is 17.5 Å². The Bertz CT molecular complexity index is 935. The minimum absolute atomic E-state index is 0.185. The van der Waals surface area contributed by atoms with Crippen molar-refractivity contribution in [2.45, 2.75) is 88.3 Å². The van der Waals surface area contributed by atoms with Crippen LogP contribution in [0.4, 0.5) is 0 Å². The number of hydrogen-bond donors (Lipinski definition) is 4. The molecule has 188 valence electrons. The van der Waals surface area contributed by atoms with E-state index in [1.807, 2.05) is 0 Å². The van der Waals surface area contributed by atoms with Crippen molar-refractivity contribution in [2.75, 3.05) is 26.2 Å². The van der Waals surface area contributed by atoms with E-state index in [1.54, 1.807) is 0 Å². The van der Waals surface area contributed by atoms with Crippen LogP contribution in [0.15, 0.2) is 36.4 Å². The molecule has 2 heterocycles. The van der Waals surface area contributed by atoms with E-state index in [1.165, 1.54) is 34.7 Å². The van der Waals surface area contributed by atoms with E-state index in [-0.39, 0.29) is 35.7 Å². The minimum Gasteiger partial charge on any atom is -0.301 e. The third-order valence-corrected chi connectivity index (χ3v) is 12.3. The lowest BCUT2D eigenvalue weighted by Gasteiger charge is -2.49. The zero-order chi connectivity index (χ0) is 24.6. The van der Waals surface area contributed by atoms with Gasteiger partial charge in [0, 0.05) is 0 Å². The third kappa shape index (κ3) is 5.39. The fourth-order valence-electron chi connectivity index (χ4n) is 6.01. The lowest BCUT2D eigenvalue weighted by molar-refractivity contribution is 0.206. The van der Waals surface area contributed by atoms with E-state index in [2.05, 4.69) is 108 Å². The molecule has 0 spiro atoms. The van der Waals surface area contributed by atoms with Crippen molar-refractivity contribution in [1.29, 1.82) is 0 Å². The second-order valence-electron chi connectivity index (χ2n) is 12.1. The van der Waals surface area contributed by atoms with Crippen LogP contribution in [0, 0.1) is 0 Å². The molecule has 0 radical (unpaired) electrons. The number of benzene rings is 2. The Morgan fingerprint density at radius 3 is 1.76 bits per heavy atom. The Balaban J connectivity index is 1.92. The van der Waals surface area contributed by atoms with Gasteiger partial charge in [-0.3, -0.25) is 0 Å². The van der Waals surface area contributed by atoms with E-state index in [4.69, 9.17) is 0 Å². The summed E-state index contributed by atoms with van der Waals surface area (Å²) < 4.78 is 0. The summed E-state index contributed by atoms with van der Waals surface area (Å²) in [5, 5.41) is 18.4. The van der Waals surface area contributed by atoms with E-state index in [0.29, 0.717) is 0 Å². The van der Waals surface area contributed by atoms with Gasteiger partial charge >= 0.3 is 0 Å². The van der Waals surface area contributed by atoms with Gasteiger partial charge in [-0.1, -0.05) is 85.9 Å². The molecule has 2 aromatic carbocycles. The molecule has 4 nitrogen and oxygen atoms in total. The van der Waals surface area contributed by atoms with Crippen molar-refractivity contribution in [3.05, 3.63) is 47.5 Å². The standard InChI is InChI=1S/C28H46N4P2/c1-26(2,3)34(27(4,5)6)19-22-21-12-8-7-11-20(21)13-14-23(22)28(33,24-29-15-9-16-30-24)25-31-17-10-18-32-25/h7-8,11-14,24-25,29-32H,9-10,15-19,33H2,1-6H3. The molecule has 1 unspecified atom stereocenters. The van der Waals surface area contributed by atoms with Crippen LogP contribution in [0.3, 0.4) is 0 Å². The molecule has 2 aliphatic rings. The Hall–Kier alpha value is -0.600. The van der Waals surface area contributed by atoms with Crippen LogP contribution in [0.2, 0.25) is 0 Å². The summed E-state index contributed by atoms with van der Waals surface area (Å²) in [5.74, 6) is 0. The van der Waals surface area contributed by atoms with Crippen molar-refractivity contribution in [3.8, 4) is 0 Å². The van der Waals surface area contributed by atoms with Crippen molar-refractivity contribution < 1.29 is 0 Å². The first-order valence-electron chi connectivity index (χ1n) is 13.0. The molecule has 4 rings (SSSR count). The van der Waals surface area contributed by atoms with Crippen LogP contribution < -0.4 is 21.3 Å². The Labute approximate surface area is 211 Å². The molecule has 0 bridgehead atoms. The first kappa shape index (κ1) is 26.5. The number of fused-ring (bicyclic) bond motifs is 1. The molecular formula is C28H46N4P2. The van der Waals surface area contributed by atoms with Gasteiger partial charge in [0.25, 0.3) is 0 Å². The van der Waals surface area contributed by atoms with Crippen molar-refractivity contribution in [3.63, 3.8) is 0 Å². The van der Waals surface area contributed by atoms with Gasteiger partial charge in [-0.2, -0.15) is 0 Å². The molecule has 0 amide bonds. The maximum absolute atomic E-state index is 3.84. The van der Waals surface area contributed by atoms with Crippen LogP contribution in [-0.4, -0.2) is 48.8 Å². The van der Waals surface area contributed by atoms with Gasteiger partial charge in [0.1, 0.15) is 0 Å². The summed E-state index contributed by atoms with van der Waals surface area (Å²) in [5.41, 5.74) is 2.99. The van der Waals surface area contributed by atoms with Crippen LogP contribution in [0.25, 0.3) is 10.8 Å². The van der Waals surface area contributed by atoms with Crippen LogP contribution in [0.5, 0.6) is 0 Å². The molecule has 2 saturated heterocycles. The van der Waals surface area contributed by atoms with E-state index >= 15 is 0 Å². The van der Waals surface area contributed by atoms with Gasteiger partial charge < -0.3 is 21.3 Å². The summed E-state index contributed by atoms with van der Waals surface area (Å²) in [4.78, 5) is 0. The monoisotopic (exact) mass is 500 g/mol. The molecule has 0 aromatic heterocycles. The van der Waals surface area contributed by atoms with Gasteiger partial charge in [-0.15, -0.1) is 9.24 Å². The highest BCUT2D eigenvalue weighted by molar-refractivity contribution is 7.60. The highest BCUT2D eigenvalue weighted by atomic mass is 31.1. The maximum Gasteiger partial charge on any atom is 0.0735 e. The first-order valence-corrected chi connectivity index (χ1v) is 15.1. The fourth-order valence-corrected chi connectivity index (χ4v) is 10.4. The molecule has 2 aromatic rings. The predicted octanol–water partition coefficient (Wildman–Crippen LogP) is 5.31. The summed E-state index contributed by atoms with van der Waals surface area (Å²) in [6.07, 6.45) is 3.85. The third-order valence-electron chi connectivity index (χ3n) is 7.50. The fraction of sp³-hybridized carbons (Fsp3) is 0.643. The SMILES string of the molecule is CC(C)(C)P(Cc1c(C(P)(C2NCCCN2)C2NCCCN2)ccc2ccccc12)C(C)(C)C.